The SMILES string of the molecule is Cc1cc2c(cc1N1c3oc4ccccc4c3B3c4c(cc5c(oc6cc(C7CC(C)(C)c8cc9oc%10c(c9cc8C7(C)C)B7c8c(cc9c(oc%11ccccc%119)c8N%10c8cc9c(cc8C)C(C)(C)CCC9(C)C)-c8cccc9c%10sc%11ccccc%11c%10n7c89)ccc65)c41)-c1cccc4c5c6ccccc6sc5n3c14)C(C)(C)CCC2(C)C. The van der Waals surface area contributed by atoms with Crippen LogP contribution < -0.4 is 31.7 Å². The van der Waals surface area contributed by atoms with Gasteiger partial charge in [-0.1, -0.05) is 217 Å². The summed E-state index contributed by atoms with van der Waals surface area (Å²) in [6, 6.07) is 77.4. The Bertz CT molecular complexity index is 8140. The molecule has 1 unspecified atom stereocenters. The van der Waals surface area contributed by atoms with Gasteiger partial charge in [-0.3, -0.25) is 9.80 Å². The monoisotopic (exact) mass is 1560 g/mol. The third-order valence-electron chi connectivity index (χ3n) is 30.9. The lowest BCUT2D eigenvalue weighted by Gasteiger charge is -2.48. The molecule has 572 valence electrons. The zero-order chi connectivity index (χ0) is 79.3. The minimum Gasteiger partial charge on any atom is -0.454 e. The normalized spacial score (nSPS) is 18.5. The van der Waals surface area contributed by atoms with E-state index in [0.29, 0.717) is 0 Å². The van der Waals surface area contributed by atoms with Gasteiger partial charge in [-0.05, 0) is 223 Å². The highest BCUT2D eigenvalue weighted by atomic mass is 32.1. The zero-order valence-electron chi connectivity index (χ0n) is 69.1. The summed E-state index contributed by atoms with van der Waals surface area (Å²) in [6.07, 6.45) is 5.37. The van der Waals surface area contributed by atoms with Gasteiger partial charge >= 0.3 is 13.7 Å². The molecule has 12 heteroatoms. The summed E-state index contributed by atoms with van der Waals surface area (Å²) in [4.78, 5) is 6.36. The number of anilines is 6. The van der Waals surface area contributed by atoms with Crippen molar-refractivity contribution < 1.29 is 17.7 Å². The number of aryl methyl sites for hydroxylation is 2. The van der Waals surface area contributed by atoms with Crippen molar-refractivity contribution in [2.45, 2.75) is 167 Å². The third-order valence-corrected chi connectivity index (χ3v) is 33.3. The Morgan fingerprint density at radius 2 is 0.822 bits per heavy atom. The first-order valence-electron chi connectivity index (χ1n) is 42.8. The van der Waals surface area contributed by atoms with Gasteiger partial charge in [0.15, 0.2) is 11.2 Å². The van der Waals surface area contributed by atoms with E-state index in [0.717, 1.165) is 132 Å². The molecular formula is C106H86B2N4O4S2. The molecule has 20 aromatic rings. The fraction of sp³-hybridized carbons (Fsp3) is 0.245. The van der Waals surface area contributed by atoms with Crippen molar-refractivity contribution in [3.8, 4) is 22.3 Å². The van der Waals surface area contributed by atoms with Crippen LogP contribution in [0.25, 0.3) is 150 Å². The summed E-state index contributed by atoms with van der Waals surface area (Å²) in [5.41, 5.74) is 34.7. The fourth-order valence-electron chi connectivity index (χ4n) is 24.6. The summed E-state index contributed by atoms with van der Waals surface area (Å²) >= 11 is 3.84. The van der Waals surface area contributed by atoms with E-state index in [1.54, 1.807) is 0 Å². The molecule has 1 atom stereocenters. The molecule has 0 N–H and O–H groups in total. The number of rotatable bonds is 3. The second-order valence-electron chi connectivity index (χ2n) is 40.1. The molecule has 118 heavy (non-hydrogen) atoms. The average Bonchev–Trinajstić information content (AvgIpc) is 1.48. The molecule has 0 bridgehead atoms. The van der Waals surface area contributed by atoms with Gasteiger partial charge in [0.1, 0.15) is 22.3 Å². The predicted octanol–water partition coefficient (Wildman–Crippen LogP) is 27.5. The van der Waals surface area contributed by atoms with Crippen molar-refractivity contribution in [3.63, 3.8) is 0 Å². The maximum atomic E-state index is 8.08. The lowest BCUT2D eigenvalue weighted by molar-refractivity contribution is 0.283. The van der Waals surface area contributed by atoms with Crippen LogP contribution in [0, 0.1) is 13.8 Å². The third kappa shape index (κ3) is 8.17. The molecule has 8 nitrogen and oxygen atoms in total. The molecule has 0 fully saturated rings. The number of hydrogen-bond acceptors (Lipinski definition) is 8. The van der Waals surface area contributed by atoms with Crippen molar-refractivity contribution >= 4 is 221 Å². The van der Waals surface area contributed by atoms with Crippen LogP contribution in [0.3, 0.4) is 0 Å². The van der Waals surface area contributed by atoms with E-state index in [9.17, 15) is 0 Å². The van der Waals surface area contributed by atoms with Crippen LogP contribution in [0.4, 0.5) is 34.5 Å². The van der Waals surface area contributed by atoms with Crippen LogP contribution >= 0.6 is 22.7 Å². The van der Waals surface area contributed by atoms with Gasteiger partial charge in [-0.15, -0.1) is 22.7 Å². The van der Waals surface area contributed by atoms with Crippen LogP contribution in [0.2, 0.25) is 0 Å². The Morgan fingerprint density at radius 3 is 1.45 bits per heavy atom. The van der Waals surface area contributed by atoms with Crippen molar-refractivity contribution in [1.82, 2.24) is 8.96 Å². The number of thiophene rings is 2. The predicted molar refractivity (Wildman–Crippen MR) is 498 cm³/mol. The van der Waals surface area contributed by atoms with E-state index in [4.69, 9.17) is 17.7 Å². The Morgan fingerprint density at radius 1 is 0.347 bits per heavy atom. The zero-order valence-corrected chi connectivity index (χ0v) is 70.7. The summed E-state index contributed by atoms with van der Waals surface area (Å²) in [5.74, 6) is 1.79. The molecule has 0 amide bonds. The molecule has 27 rings (SSSR count). The van der Waals surface area contributed by atoms with Gasteiger partial charge in [0.2, 0.25) is 11.8 Å². The van der Waals surface area contributed by atoms with Crippen LogP contribution in [-0.4, -0.2) is 22.7 Å². The van der Waals surface area contributed by atoms with E-state index in [2.05, 4.69) is 316 Å². The summed E-state index contributed by atoms with van der Waals surface area (Å²) in [6.45, 7) is 33.8. The van der Waals surface area contributed by atoms with Gasteiger partial charge in [0.25, 0.3) is 0 Å². The maximum Gasteiger partial charge on any atom is 0.338 e. The van der Waals surface area contributed by atoms with Crippen molar-refractivity contribution in [2.75, 3.05) is 9.80 Å². The number of nitrogens with zero attached hydrogens (tertiary/aromatic N) is 4. The Labute approximate surface area is 692 Å². The molecule has 12 heterocycles. The highest BCUT2D eigenvalue weighted by molar-refractivity contribution is 7.27. The molecule has 7 aliphatic rings. The van der Waals surface area contributed by atoms with Crippen molar-refractivity contribution in [2.24, 2.45) is 0 Å². The summed E-state index contributed by atoms with van der Waals surface area (Å²) in [7, 11) is 0. The van der Waals surface area contributed by atoms with E-state index < -0.39 is 5.41 Å². The summed E-state index contributed by atoms with van der Waals surface area (Å²) < 4.78 is 40.5. The van der Waals surface area contributed by atoms with Crippen LogP contribution in [0.15, 0.2) is 218 Å². The first-order chi connectivity index (χ1) is 56.8. The molecule has 0 saturated carbocycles. The highest BCUT2D eigenvalue weighted by Gasteiger charge is 2.54. The van der Waals surface area contributed by atoms with Crippen LogP contribution in [-0.2, 0) is 32.5 Å². The Kier molecular flexibility index (Phi) is 12.4. The van der Waals surface area contributed by atoms with Crippen molar-refractivity contribution in [3.05, 3.63) is 250 Å². The number of aromatic nitrogens is 2. The molecular weight excluding hydrogens is 1480 g/mol. The van der Waals surface area contributed by atoms with Crippen LogP contribution in [0.1, 0.15) is 171 Å². The highest BCUT2D eigenvalue weighted by Crippen LogP contribution is 2.62. The smallest absolute Gasteiger partial charge is 0.338 e. The van der Waals surface area contributed by atoms with Gasteiger partial charge in [0.05, 0.1) is 37.8 Å². The Balaban J connectivity index is 0.698. The minimum atomic E-state index is -0.395. The van der Waals surface area contributed by atoms with E-state index in [1.165, 1.54) is 157 Å². The van der Waals surface area contributed by atoms with E-state index >= 15 is 0 Å². The largest absolute Gasteiger partial charge is 0.454 e. The molecule has 0 spiro atoms. The first-order valence-corrected chi connectivity index (χ1v) is 44.4. The maximum absolute atomic E-state index is 8.08. The molecule has 0 radical (unpaired) electrons. The number of benzene rings is 12. The van der Waals surface area contributed by atoms with Crippen molar-refractivity contribution in [1.29, 1.82) is 0 Å². The van der Waals surface area contributed by atoms with Gasteiger partial charge in [-0.25, -0.2) is 0 Å². The average molecular weight is 1570 g/mol. The fourth-order valence-corrected chi connectivity index (χ4v) is 27.1. The quantitative estimate of drug-likeness (QED) is 0.164. The Hall–Kier alpha value is -11.4. The number of para-hydroxylation sites is 4. The standard InChI is InChI=1S/C106H86B2N4O4S2/c1-53-43-70-72(103(7,8)41-39-101(70,3)4)49-77(53)109-94-87-65(58-29-23-31-63-85-61-27-17-21-35-83(61)118-100(85)112(90(58)63)108(87)88-60-26-16-20-34-80(60)115-98(88)109)47-68-57-38-37-55(45-81(57)114-96(68)94)76-52-105(11,12)74-51-82-69(48-75(74)106(76,13)14)89-99(116-82)110(78-50-73-71(44-54(78)2)102(5,6)40-42-104(73,9)10)93-86-66(46-67-56-25-15-19-33-79(56)113-95(67)93)59-30-24-32-64-91(59)111(107(86)89)92-62-28-18-22-36-84(62)117-97(64)92/h15-38,43-51,76H,39-42,52H2,1-14H3. The lowest BCUT2D eigenvalue weighted by Crippen LogP contribution is -2.56. The second-order valence-corrected chi connectivity index (χ2v) is 42.1. The minimum absolute atomic E-state index is 0.00956. The topological polar surface area (TPSA) is 68.9 Å². The number of hydrogen-bond donors (Lipinski definition) is 0. The molecule has 8 aromatic heterocycles. The molecule has 3 aliphatic carbocycles. The summed E-state index contributed by atoms with van der Waals surface area (Å²) in [5, 5.41) is 13.2. The second kappa shape index (κ2) is 21.7. The lowest BCUT2D eigenvalue weighted by atomic mass is 9.45. The van der Waals surface area contributed by atoms with Crippen LogP contribution in [0.5, 0.6) is 0 Å². The molecule has 0 saturated heterocycles. The van der Waals surface area contributed by atoms with E-state index in [-0.39, 0.29) is 46.7 Å². The van der Waals surface area contributed by atoms with E-state index in [1.807, 2.05) is 22.7 Å². The number of furan rings is 4. The molecule has 12 aromatic carbocycles. The van der Waals surface area contributed by atoms with Gasteiger partial charge in [0, 0.05) is 102 Å². The van der Waals surface area contributed by atoms with Gasteiger partial charge in [-0.2, -0.15) is 0 Å². The number of fused-ring (bicyclic) bond motifs is 33. The molecule has 4 aliphatic heterocycles. The first kappa shape index (κ1) is 67.6. The van der Waals surface area contributed by atoms with Gasteiger partial charge < -0.3 is 26.6 Å².